The molecule has 4 nitrogen and oxygen atoms in total. The lowest BCUT2D eigenvalue weighted by Gasteiger charge is -2.09. The van der Waals surface area contributed by atoms with E-state index in [1.807, 2.05) is 36.4 Å². The molecule has 0 aliphatic heterocycles. The van der Waals surface area contributed by atoms with Crippen LogP contribution in [0.2, 0.25) is 10.0 Å². The summed E-state index contributed by atoms with van der Waals surface area (Å²) in [5, 5.41) is 13.3. The van der Waals surface area contributed by atoms with E-state index in [1.54, 1.807) is 36.4 Å². The molecule has 0 aliphatic rings. The second-order valence-electron chi connectivity index (χ2n) is 6.83. The summed E-state index contributed by atoms with van der Waals surface area (Å²) in [4.78, 5) is 16.7. The maximum Gasteiger partial charge on any atom is 0.336 e. The van der Waals surface area contributed by atoms with Crippen LogP contribution in [0.4, 0.5) is 0 Å². The summed E-state index contributed by atoms with van der Waals surface area (Å²) in [6.45, 7) is 0. The number of carboxylic acid groups (broad SMARTS) is 1. The average Bonchev–Trinajstić information content (AvgIpc) is 3.22. The highest BCUT2D eigenvalue weighted by molar-refractivity contribution is 6.36. The number of furan rings is 1. The fourth-order valence-electron chi connectivity index (χ4n) is 3.61. The third-order valence-electron chi connectivity index (χ3n) is 4.98. The lowest BCUT2D eigenvalue weighted by Crippen LogP contribution is -2.00. The topological polar surface area (TPSA) is 63.3 Å². The van der Waals surface area contributed by atoms with Crippen molar-refractivity contribution in [3.8, 4) is 22.8 Å². The molecular formula is C24H13Cl2NO3. The van der Waals surface area contributed by atoms with Crippen molar-refractivity contribution in [1.82, 2.24) is 4.98 Å². The van der Waals surface area contributed by atoms with E-state index in [2.05, 4.69) is 4.98 Å². The van der Waals surface area contributed by atoms with Gasteiger partial charge in [0.2, 0.25) is 0 Å². The van der Waals surface area contributed by atoms with E-state index in [0.717, 1.165) is 10.8 Å². The SMILES string of the molecule is O=C(O)c1cc(-c2ccc(-c3ccc(Cl)cc3Cl)o2)nc2ccc3ccccc3c12. The monoisotopic (exact) mass is 433 g/mol. The molecule has 6 heteroatoms. The highest BCUT2D eigenvalue weighted by Gasteiger charge is 2.18. The molecule has 0 radical (unpaired) electrons. The number of hydrogen-bond acceptors (Lipinski definition) is 3. The van der Waals surface area contributed by atoms with Gasteiger partial charge in [-0.05, 0) is 53.2 Å². The summed E-state index contributed by atoms with van der Waals surface area (Å²) in [7, 11) is 0. The molecule has 2 aromatic heterocycles. The predicted molar refractivity (Wildman–Crippen MR) is 119 cm³/mol. The van der Waals surface area contributed by atoms with Crippen molar-refractivity contribution >= 4 is 50.8 Å². The number of hydrogen-bond donors (Lipinski definition) is 1. The van der Waals surface area contributed by atoms with Crippen LogP contribution in [0.15, 0.2) is 77.2 Å². The lowest BCUT2D eigenvalue weighted by molar-refractivity contribution is 0.0699. The summed E-state index contributed by atoms with van der Waals surface area (Å²) in [6.07, 6.45) is 0. The Hall–Kier alpha value is -3.34. The Morgan fingerprint density at radius 1 is 0.900 bits per heavy atom. The molecule has 2 heterocycles. The van der Waals surface area contributed by atoms with Crippen molar-refractivity contribution in [2.24, 2.45) is 0 Å². The van der Waals surface area contributed by atoms with Gasteiger partial charge in [0.15, 0.2) is 5.76 Å². The summed E-state index contributed by atoms with van der Waals surface area (Å²) < 4.78 is 5.96. The number of halogens is 2. The van der Waals surface area contributed by atoms with Gasteiger partial charge >= 0.3 is 5.97 Å². The maximum atomic E-state index is 12.1. The second-order valence-corrected chi connectivity index (χ2v) is 7.67. The minimum absolute atomic E-state index is 0.175. The van der Waals surface area contributed by atoms with E-state index in [4.69, 9.17) is 27.6 Å². The Labute approximate surface area is 181 Å². The largest absolute Gasteiger partial charge is 0.478 e. The van der Waals surface area contributed by atoms with Crippen LogP contribution in [0.25, 0.3) is 44.5 Å². The van der Waals surface area contributed by atoms with E-state index in [0.29, 0.717) is 43.7 Å². The first-order valence-electron chi connectivity index (χ1n) is 9.13. The third kappa shape index (κ3) is 3.11. The first-order chi connectivity index (χ1) is 14.5. The van der Waals surface area contributed by atoms with Crippen molar-refractivity contribution in [2.75, 3.05) is 0 Å². The first kappa shape index (κ1) is 18.7. The fraction of sp³-hybridized carbons (Fsp3) is 0. The molecule has 0 spiro atoms. The second kappa shape index (κ2) is 7.17. The van der Waals surface area contributed by atoms with Crippen LogP contribution >= 0.6 is 23.2 Å². The molecule has 0 saturated carbocycles. The minimum Gasteiger partial charge on any atom is -0.478 e. The van der Waals surface area contributed by atoms with E-state index < -0.39 is 5.97 Å². The van der Waals surface area contributed by atoms with Crippen LogP contribution in [0.1, 0.15) is 10.4 Å². The number of nitrogens with zero attached hydrogens (tertiary/aromatic N) is 1. The molecule has 0 aliphatic carbocycles. The van der Waals surface area contributed by atoms with E-state index >= 15 is 0 Å². The van der Waals surface area contributed by atoms with Gasteiger partial charge in [-0.25, -0.2) is 9.78 Å². The van der Waals surface area contributed by atoms with Crippen molar-refractivity contribution in [2.45, 2.75) is 0 Å². The first-order valence-corrected chi connectivity index (χ1v) is 9.88. The van der Waals surface area contributed by atoms with Crippen molar-refractivity contribution in [3.63, 3.8) is 0 Å². The molecule has 30 heavy (non-hydrogen) atoms. The number of carboxylic acids is 1. The fourth-order valence-corrected chi connectivity index (χ4v) is 4.11. The van der Waals surface area contributed by atoms with E-state index in [1.165, 1.54) is 0 Å². The Bertz CT molecular complexity index is 1460. The number of pyridine rings is 1. The Morgan fingerprint density at radius 3 is 2.50 bits per heavy atom. The molecule has 0 atom stereocenters. The predicted octanol–water partition coefficient (Wildman–Crippen LogP) is 7.32. The number of aromatic carboxylic acids is 1. The summed E-state index contributed by atoms with van der Waals surface area (Å²) in [6, 6.07) is 21.6. The average molecular weight is 434 g/mol. The van der Waals surface area contributed by atoms with Crippen LogP contribution in [0, 0.1) is 0 Å². The normalized spacial score (nSPS) is 11.3. The standard InChI is InChI=1S/C24H13Cl2NO3/c25-14-6-7-16(18(26)11-14)21-9-10-22(30-21)20-12-17(24(28)29)23-15-4-2-1-3-13(15)5-8-19(23)27-20/h1-12H,(H,28,29). The van der Waals surface area contributed by atoms with Gasteiger partial charge in [-0.1, -0.05) is 53.5 Å². The molecule has 0 bridgehead atoms. The van der Waals surface area contributed by atoms with Crippen LogP contribution in [-0.2, 0) is 0 Å². The zero-order valence-corrected chi connectivity index (χ0v) is 16.9. The van der Waals surface area contributed by atoms with Gasteiger partial charge in [-0.15, -0.1) is 0 Å². The zero-order valence-electron chi connectivity index (χ0n) is 15.4. The number of benzene rings is 3. The molecule has 5 rings (SSSR count). The number of rotatable bonds is 3. The molecule has 1 N–H and O–H groups in total. The molecule has 146 valence electrons. The number of aromatic nitrogens is 1. The van der Waals surface area contributed by atoms with Gasteiger partial charge in [-0.2, -0.15) is 0 Å². The lowest BCUT2D eigenvalue weighted by atomic mass is 10.00. The van der Waals surface area contributed by atoms with Gasteiger partial charge < -0.3 is 9.52 Å². The number of carbonyl (C=O) groups is 1. The van der Waals surface area contributed by atoms with Crippen molar-refractivity contribution in [3.05, 3.63) is 88.4 Å². The van der Waals surface area contributed by atoms with Crippen LogP contribution < -0.4 is 0 Å². The van der Waals surface area contributed by atoms with Crippen molar-refractivity contribution < 1.29 is 14.3 Å². The van der Waals surface area contributed by atoms with E-state index in [9.17, 15) is 9.90 Å². The van der Waals surface area contributed by atoms with Gasteiger partial charge in [0.05, 0.1) is 16.1 Å². The van der Waals surface area contributed by atoms with Crippen molar-refractivity contribution in [1.29, 1.82) is 0 Å². The summed E-state index contributed by atoms with van der Waals surface area (Å²) >= 11 is 12.3. The van der Waals surface area contributed by atoms with E-state index in [-0.39, 0.29) is 5.56 Å². The highest BCUT2D eigenvalue weighted by atomic mass is 35.5. The Balaban J connectivity index is 1.70. The molecule has 0 amide bonds. The minimum atomic E-state index is -1.02. The third-order valence-corrected chi connectivity index (χ3v) is 5.53. The molecule has 0 saturated heterocycles. The van der Waals surface area contributed by atoms with Gasteiger partial charge in [0, 0.05) is 16.0 Å². The quantitative estimate of drug-likeness (QED) is 0.302. The van der Waals surface area contributed by atoms with Gasteiger partial charge in [-0.3, -0.25) is 0 Å². The maximum absolute atomic E-state index is 12.1. The molecule has 0 fully saturated rings. The zero-order chi connectivity index (χ0) is 20.8. The summed E-state index contributed by atoms with van der Waals surface area (Å²) in [5.74, 6) is -0.0231. The molecule has 3 aromatic carbocycles. The Morgan fingerprint density at radius 2 is 1.70 bits per heavy atom. The van der Waals surface area contributed by atoms with Gasteiger partial charge in [0.25, 0.3) is 0 Å². The molecular weight excluding hydrogens is 421 g/mol. The van der Waals surface area contributed by atoms with Crippen LogP contribution in [0.5, 0.6) is 0 Å². The Kier molecular flexibility index (Phi) is 4.46. The smallest absolute Gasteiger partial charge is 0.336 e. The summed E-state index contributed by atoms with van der Waals surface area (Å²) in [5.41, 5.74) is 1.89. The van der Waals surface area contributed by atoms with Gasteiger partial charge in [0.1, 0.15) is 11.5 Å². The number of fused-ring (bicyclic) bond motifs is 3. The highest BCUT2D eigenvalue weighted by Crippen LogP contribution is 2.35. The molecule has 5 aromatic rings. The van der Waals surface area contributed by atoms with Crippen LogP contribution in [0.3, 0.4) is 0 Å². The molecule has 0 unspecified atom stereocenters. The van der Waals surface area contributed by atoms with Crippen LogP contribution in [-0.4, -0.2) is 16.1 Å².